The van der Waals surface area contributed by atoms with Crippen molar-refractivity contribution in [1.82, 2.24) is 5.32 Å². The number of halogens is 1. The maximum absolute atomic E-state index is 13.4. The van der Waals surface area contributed by atoms with Gasteiger partial charge in [-0.2, -0.15) is 0 Å². The molecule has 0 aliphatic heterocycles. The van der Waals surface area contributed by atoms with Crippen LogP contribution in [0.4, 0.5) is 4.39 Å². The molecule has 1 nitrogen and oxygen atoms in total. The largest absolute Gasteiger partial charge is 0.313 e. The van der Waals surface area contributed by atoms with Gasteiger partial charge in [-0.05, 0) is 49.9 Å². The molecular formula is C17H26FN. The van der Waals surface area contributed by atoms with E-state index >= 15 is 0 Å². The first kappa shape index (κ1) is 14.5. The van der Waals surface area contributed by atoms with Crippen LogP contribution in [0, 0.1) is 18.7 Å². The van der Waals surface area contributed by atoms with Crippen LogP contribution >= 0.6 is 0 Å². The highest BCUT2D eigenvalue weighted by molar-refractivity contribution is 5.27. The molecular weight excluding hydrogens is 237 g/mol. The molecule has 2 rings (SSSR count). The van der Waals surface area contributed by atoms with Crippen molar-refractivity contribution in [3.63, 3.8) is 0 Å². The fourth-order valence-electron chi connectivity index (χ4n) is 3.36. The van der Waals surface area contributed by atoms with Gasteiger partial charge in [-0.25, -0.2) is 4.39 Å². The predicted octanol–water partition coefficient (Wildman–Crippen LogP) is 4.76. The van der Waals surface area contributed by atoms with E-state index in [9.17, 15) is 4.39 Å². The maximum Gasteiger partial charge on any atom is 0.126 e. The van der Waals surface area contributed by atoms with Crippen LogP contribution in [0.15, 0.2) is 18.2 Å². The van der Waals surface area contributed by atoms with Crippen LogP contribution in [-0.4, -0.2) is 7.05 Å². The number of aryl methyl sites for hydroxylation is 1. The minimum absolute atomic E-state index is 0.101. The molecule has 1 aromatic carbocycles. The first-order chi connectivity index (χ1) is 9.22. The first-order valence-electron chi connectivity index (χ1n) is 7.65. The maximum atomic E-state index is 13.4. The average molecular weight is 263 g/mol. The van der Waals surface area contributed by atoms with Crippen molar-refractivity contribution < 1.29 is 4.39 Å². The molecule has 0 bridgehead atoms. The van der Waals surface area contributed by atoms with E-state index in [0.717, 1.165) is 5.56 Å². The van der Waals surface area contributed by atoms with Crippen molar-refractivity contribution in [3.8, 4) is 0 Å². The second-order valence-corrected chi connectivity index (χ2v) is 5.88. The first-order valence-corrected chi connectivity index (χ1v) is 7.65. The molecule has 1 atom stereocenters. The third-order valence-corrected chi connectivity index (χ3v) is 4.47. The molecule has 2 heteroatoms. The average Bonchev–Trinajstić information content (AvgIpc) is 2.36. The van der Waals surface area contributed by atoms with Crippen molar-refractivity contribution in [2.75, 3.05) is 7.05 Å². The third-order valence-electron chi connectivity index (χ3n) is 4.47. The number of hydrogen-bond acceptors (Lipinski definition) is 1. The summed E-state index contributed by atoms with van der Waals surface area (Å²) in [6, 6.07) is 5.94. The highest BCUT2D eigenvalue weighted by atomic mass is 19.1. The minimum atomic E-state index is -0.101. The highest BCUT2D eigenvalue weighted by Crippen LogP contribution is 2.33. The zero-order chi connectivity index (χ0) is 13.7. The molecule has 0 amide bonds. The summed E-state index contributed by atoms with van der Waals surface area (Å²) in [4.78, 5) is 0. The van der Waals surface area contributed by atoms with Crippen molar-refractivity contribution in [2.45, 2.75) is 57.9 Å². The zero-order valence-corrected chi connectivity index (χ0v) is 12.2. The molecule has 1 aromatic rings. The summed E-state index contributed by atoms with van der Waals surface area (Å²) in [5.74, 6) is 0.589. The lowest BCUT2D eigenvalue weighted by molar-refractivity contribution is 0.299. The smallest absolute Gasteiger partial charge is 0.126 e. The van der Waals surface area contributed by atoms with Crippen LogP contribution in [0.5, 0.6) is 0 Å². The number of benzene rings is 1. The van der Waals surface area contributed by atoms with Gasteiger partial charge in [-0.15, -0.1) is 0 Å². The Hall–Kier alpha value is -0.890. The topological polar surface area (TPSA) is 12.0 Å². The molecule has 19 heavy (non-hydrogen) atoms. The van der Waals surface area contributed by atoms with E-state index in [-0.39, 0.29) is 5.82 Å². The Morgan fingerprint density at radius 3 is 2.32 bits per heavy atom. The lowest BCUT2D eigenvalue weighted by Gasteiger charge is -2.29. The van der Waals surface area contributed by atoms with Crippen molar-refractivity contribution >= 4 is 0 Å². The van der Waals surface area contributed by atoms with Gasteiger partial charge in [0.25, 0.3) is 0 Å². The molecule has 0 radical (unpaired) electrons. The van der Waals surface area contributed by atoms with Gasteiger partial charge in [0.15, 0.2) is 0 Å². The van der Waals surface area contributed by atoms with Crippen molar-refractivity contribution in [3.05, 3.63) is 35.1 Å². The molecule has 1 fully saturated rings. The van der Waals surface area contributed by atoms with Gasteiger partial charge >= 0.3 is 0 Å². The molecule has 1 saturated carbocycles. The Bertz CT molecular complexity index is 394. The fraction of sp³-hybridized carbons (Fsp3) is 0.647. The monoisotopic (exact) mass is 263 g/mol. The summed E-state index contributed by atoms with van der Waals surface area (Å²) in [7, 11) is 2.03. The van der Waals surface area contributed by atoms with Gasteiger partial charge in [0.05, 0.1) is 0 Å². The summed E-state index contributed by atoms with van der Waals surface area (Å²) in [5, 5.41) is 3.46. The summed E-state index contributed by atoms with van der Waals surface area (Å²) >= 11 is 0. The number of nitrogens with one attached hydrogen (secondary N) is 1. The predicted molar refractivity (Wildman–Crippen MR) is 78.7 cm³/mol. The third kappa shape index (κ3) is 3.79. The van der Waals surface area contributed by atoms with Gasteiger partial charge in [0.1, 0.15) is 5.82 Å². The molecule has 0 spiro atoms. The standard InChI is InChI=1S/C17H26FN/c1-13-12-15(10-11-16(13)18)17(19-2)14-8-6-4-3-5-7-9-14/h10-12,14,17,19H,3-9H2,1-2H3. The Balaban J connectivity index is 2.14. The number of hydrogen-bond donors (Lipinski definition) is 1. The van der Waals surface area contributed by atoms with E-state index < -0.39 is 0 Å². The van der Waals surface area contributed by atoms with E-state index in [2.05, 4.69) is 5.32 Å². The minimum Gasteiger partial charge on any atom is -0.313 e. The van der Waals surface area contributed by atoms with Gasteiger partial charge in [0, 0.05) is 6.04 Å². The van der Waals surface area contributed by atoms with E-state index in [1.54, 1.807) is 6.07 Å². The summed E-state index contributed by atoms with van der Waals surface area (Å²) in [6.07, 6.45) is 9.40. The summed E-state index contributed by atoms with van der Waals surface area (Å²) in [5.41, 5.74) is 2.00. The van der Waals surface area contributed by atoms with Crippen molar-refractivity contribution in [1.29, 1.82) is 0 Å². The summed E-state index contributed by atoms with van der Waals surface area (Å²) < 4.78 is 13.4. The molecule has 0 heterocycles. The van der Waals surface area contributed by atoms with Crippen LogP contribution in [-0.2, 0) is 0 Å². The van der Waals surface area contributed by atoms with Crippen LogP contribution in [0.1, 0.15) is 62.1 Å². The van der Waals surface area contributed by atoms with E-state index in [4.69, 9.17) is 0 Å². The second kappa shape index (κ2) is 7.04. The normalized spacial score (nSPS) is 19.7. The zero-order valence-electron chi connectivity index (χ0n) is 12.2. The second-order valence-electron chi connectivity index (χ2n) is 5.88. The molecule has 0 aromatic heterocycles. The van der Waals surface area contributed by atoms with Crippen LogP contribution < -0.4 is 5.32 Å². The molecule has 1 aliphatic rings. The molecule has 1 N–H and O–H groups in total. The molecule has 1 aliphatic carbocycles. The van der Waals surface area contributed by atoms with E-state index in [1.807, 2.05) is 26.1 Å². The SMILES string of the molecule is CNC(c1ccc(F)c(C)c1)C1CCCCCCC1. The van der Waals surface area contributed by atoms with Gasteiger partial charge in [-0.1, -0.05) is 44.2 Å². The highest BCUT2D eigenvalue weighted by Gasteiger charge is 2.22. The Labute approximate surface area is 116 Å². The van der Waals surface area contributed by atoms with Crippen LogP contribution in [0.25, 0.3) is 0 Å². The van der Waals surface area contributed by atoms with Crippen molar-refractivity contribution in [2.24, 2.45) is 5.92 Å². The fourth-order valence-corrected chi connectivity index (χ4v) is 3.36. The van der Waals surface area contributed by atoms with Crippen LogP contribution in [0.2, 0.25) is 0 Å². The van der Waals surface area contributed by atoms with Gasteiger partial charge in [-0.3, -0.25) is 0 Å². The van der Waals surface area contributed by atoms with Gasteiger partial charge in [0.2, 0.25) is 0 Å². The van der Waals surface area contributed by atoms with E-state index in [0.29, 0.717) is 12.0 Å². The quantitative estimate of drug-likeness (QED) is 0.829. The Morgan fingerprint density at radius 1 is 1.11 bits per heavy atom. The summed E-state index contributed by atoms with van der Waals surface area (Å²) in [6.45, 7) is 1.85. The Kier molecular flexibility index (Phi) is 5.38. The molecule has 0 saturated heterocycles. The molecule has 106 valence electrons. The lowest BCUT2D eigenvalue weighted by atomic mass is 9.82. The van der Waals surface area contributed by atoms with E-state index in [1.165, 1.54) is 50.5 Å². The molecule has 1 unspecified atom stereocenters. The van der Waals surface area contributed by atoms with Gasteiger partial charge < -0.3 is 5.32 Å². The lowest BCUT2D eigenvalue weighted by Crippen LogP contribution is -2.26. The number of rotatable bonds is 3. The Morgan fingerprint density at radius 2 is 1.74 bits per heavy atom. The van der Waals surface area contributed by atoms with Crippen LogP contribution in [0.3, 0.4) is 0 Å².